The molecule has 146 valence electrons. The van der Waals surface area contributed by atoms with Crippen molar-refractivity contribution in [3.8, 4) is 11.5 Å². The molecule has 0 unspecified atom stereocenters. The predicted molar refractivity (Wildman–Crippen MR) is 106 cm³/mol. The van der Waals surface area contributed by atoms with Crippen LogP contribution in [0, 0.1) is 0 Å². The van der Waals surface area contributed by atoms with E-state index in [0.29, 0.717) is 34.3 Å². The van der Waals surface area contributed by atoms with E-state index in [2.05, 4.69) is 10.4 Å². The molecule has 0 spiro atoms. The van der Waals surface area contributed by atoms with E-state index in [1.54, 1.807) is 43.3 Å². The van der Waals surface area contributed by atoms with E-state index in [4.69, 9.17) is 21.1 Å². The molecule has 1 N–H and O–H groups in total. The molecule has 7 nitrogen and oxygen atoms in total. The lowest BCUT2D eigenvalue weighted by molar-refractivity contribution is -0.131. The molecule has 0 saturated carbocycles. The fourth-order valence-electron chi connectivity index (χ4n) is 2.94. The Kier molecular flexibility index (Phi) is 5.56. The van der Waals surface area contributed by atoms with Gasteiger partial charge in [0.25, 0.3) is 5.91 Å². The smallest absolute Gasteiger partial charge is 0.346 e. The highest BCUT2D eigenvalue weighted by molar-refractivity contribution is 6.32. The molecule has 28 heavy (non-hydrogen) atoms. The third-order valence-electron chi connectivity index (χ3n) is 4.38. The Morgan fingerprint density at radius 3 is 2.61 bits per heavy atom. The van der Waals surface area contributed by atoms with Crippen LogP contribution in [0.5, 0.6) is 11.5 Å². The predicted octanol–water partition coefficient (Wildman–Crippen LogP) is 3.55. The van der Waals surface area contributed by atoms with Crippen molar-refractivity contribution >= 4 is 29.8 Å². The van der Waals surface area contributed by atoms with Gasteiger partial charge in [-0.15, -0.1) is 5.01 Å². The first-order valence-electron chi connectivity index (χ1n) is 8.67. The van der Waals surface area contributed by atoms with Crippen molar-refractivity contribution in [1.82, 2.24) is 10.3 Å². The Labute approximate surface area is 167 Å². The molecule has 2 aromatic rings. The molecule has 1 aliphatic heterocycles. The van der Waals surface area contributed by atoms with Crippen LogP contribution in [-0.4, -0.2) is 36.9 Å². The van der Waals surface area contributed by atoms with Gasteiger partial charge in [0.2, 0.25) is 0 Å². The summed E-state index contributed by atoms with van der Waals surface area (Å²) < 4.78 is 10.8. The monoisotopic (exact) mass is 401 g/mol. The second-order valence-electron chi connectivity index (χ2n) is 6.25. The third-order valence-corrected chi connectivity index (χ3v) is 4.66. The van der Waals surface area contributed by atoms with E-state index in [1.165, 1.54) is 13.3 Å². The molecule has 3 rings (SSSR count). The van der Waals surface area contributed by atoms with E-state index < -0.39 is 17.5 Å². The van der Waals surface area contributed by atoms with Gasteiger partial charge in [0.1, 0.15) is 5.54 Å². The van der Waals surface area contributed by atoms with Gasteiger partial charge in [-0.05, 0) is 37.1 Å². The molecule has 0 aromatic heterocycles. The molecule has 1 aliphatic rings. The summed E-state index contributed by atoms with van der Waals surface area (Å²) in [6.07, 6.45) is 1.38. The maximum atomic E-state index is 12.9. The first-order chi connectivity index (χ1) is 13.4. The number of amides is 3. The van der Waals surface area contributed by atoms with Crippen molar-refractivity contribution in [3.05, 3.63) is 58.6 Å². The van der Waals surface area contributed by atoms with Gasteiger partial charge < -0.3 is 14.8 Å². The summed E-state index contributed by atoms with van der Waals surface area (Å²) in [6.45, 7) is 3.91. The largest absolute Gasteiger partial charge is 0.491 e. The lowest BCUT2D eigenvalue weighted by Gasteiger charge is -2.20. The number of hydrazone groups is 1. The summed E-state index contributed by atoms with van der Waals surface area (Å²) in [4.78, 5) is 25.2. The van der Waals surface area contributed by atoms with E-state index in [0.717, 1.165) is 5.01 Å². The van der Waals surface area contributed by atoms with Gasteiger partial charge in [-0.2, -0.15) is 5.10 Å². The molecule has 0 aliphatic carbocycles. The van der Waals surface area contributed by atoms with Gasteiger partial charge in [-0.3, -0.25) is 4.79 Å². The molecule has 1 atom stereocenters. The Hall–Kier alpha value is -3.06. The summed E-state index contributed by atoms with van der Waals surface area (Å²) in [5, 5.41) is 7.91. The number of halogens is 1. The van der Waals surface area contributed by atoms with E-state index >= 15 is 0 Å². The highest BCUT2D eigenvalue weighted by Crippen LogP contribution is 2.36. The number of ether oxygens (including phenoxy) is 2. The van der Waals surface area contributed by atoms with E-state index in [-0.39, 0.29) is 0 Å². The molecular weight excluding hydrogens is 382 g/mol. The standard InChI is InChI=1S/C20H20ClN3O4/c1-4-28-16-11-13(10-15(21)17(16)27-3)12-22-24-18(25)20(2,23-19(24)26)14-8-6-5-7-9-14/h5-12H,4H2,1-3H3,(H,23,26)/b22-12-/t20-/m0/s1. The quantitative estimate of drug-likeness (QED) is 0.593. The summed E-state index contributed by atoms with van der Waals surface area (Å²) in [6, 6.07) is 11.7. The number of hydrogen-bond acceptors (Lipinski definition) is 5. The zero-order chi connectivity index (χ0) is 20.3. The van der Waals surface area contributed by atoms with Crippen LogP contribution in [0.1, 0.15) is 25.0 Å². The van der Waals surface area contributed by atoms with Gasteiger partial charge in [-0.25, -0.2) is 4.79 Å². The molecule has 1 fully saturated rings. The SMILES string of the molecule is CCOc1cc(/C=N\N2C(=O)N[C@@](C)(c3ccccc3)C2=O)cc(Cl)c1OC. The minimum atomic E-state index is -1.18. The number of nitrogens with one attached hydrogen (secondary N) is 1. The number of carbonyl (C=O) groups excluding carboxylic acids is 2. The van der Waals surface area contributed by atoms with Crippen molar-refractivity contribution in [2.24, 2.45) is 5.10 Å². The van der Waals surface area contributed by atoms with Gasteiger partial charge in [-0.1, -0.05) is 41.9 Å². The van der Waals surface area contributed by atoms with E-state index in [1.807, 2.05) is 13.0 Å². The Balaban J connectivity index is 1.89. The number of methoxy groups -OCH3 is 1. The molecular formula is C20H20ClN3O4. The molecule has 2 aromatic carbocycles. The number of urea groups is 1. The summed E-state index contributed by atoms with van der Waals surface area (Å²) in [7, 11) is 1.50. The van der Waals surface area contributed by atoms with Crippen molar-refractivity contribution in [2.45, 2.75) is 19.4 Å². The maximum absolute atomic E-state index is 12.9. The molecule has 0 radical (unpaired) electrons. The minimum absolute atomic E-state index is 0.334. The lowest BCUT2D eigenvalue weighted by atomic mass is 9.92. The number of imide groups is 1. The fraction of sp³-hybridized carbons (Fsp3) is 0.250. The first-order valence-corrected chi connectivity index (χ1v) is 9.05. The van der Waals surface area contributed by atoms with Crippen LogP contribution >= 0.6 is 11.6 Å². The summed E-state index contributed by atoms with van der Waals surface area (Å²) >= 11 is 6.22. The van der Waals surface area contributed by atoms with Crippen LogP contribution in [0.15, 0.2) is 47.6 Å². The highest BCUT2D eigenvalue weighted by Gasteiger charge is 2.49. The third kappa shape index (κ3) is 3.53. The Morgan fingerprint density at radius 1 is 1.25 bits per heavy atom. The summed E-state index contributed by atoms with van der Waals surface area (Å²) in [5.41, 5.74) is 0.0596. The minimum Gasteiger partial charge on any atom is -0.491 e. The Bertz CT molecular complexity index is 933. The average Bonchev–Trinajstić information content (AvgIpc) is 2.90. The van der Waals surface area contributed by atoms with Crippen LogP contribution in [0.25, 0.3) is 0 Å². The molecule has 0 bridgehead atoms. The first kappa shape index (κ1) is 19.7. The number of nitrogens with zero attached hydrogens (tertiary/aromatic N) is 2. The van der Waals surface area contributed by atoms with Gasteiger partial charge in [0, 0.05) is 0 Å². The number of rotatable bonds is 6. The normalized spacial score (nSPS) is 19.2. The fourth-order valence-corrected chi connectivity index (χ4v) is 3.24. The van der Waals surface area contributed by atoms with Gasteiger partial charge >= 0.3 is 6.03 Å². The lowest BCUT2D eigenvalue weighted by Crippen LogP contribution is -2.40. The van der Waals surface area contributed by atoms with Crippen molar-refractivity contribution in [2.75, 3.05) is 13.7 Å². The van der Waals surface area contributed by atoms with E-state index in [9.17, 15) is 9.59 Å². The molecule has 8 heteroatoms. The van der Waals surface area contributed by atoms with Crippen molar-refractivity contribution in [1.29, 1.82) is 0 Å². The van der Waals surface area contributed by atoms with Gasteiger partial charge in [0.15, 0.2) is 11.5 Å². The van der Waals surface area contributed by atoms with Crippen molar-refractivity contribution < 1.29 is 19.1 Å². The molecule has 3 amide bonds. The zero-order valence-corrected chi connectivity index (χ0v) is 16.5. The zero-order valence-electron chi connectivity index (χ0n) is 15.7. The van der Waals surface area contributed by atoms with Crippen molar-refractivity contribution in [3.63, 3.8) is 0 Å². The topological polar surface area (TPSA) is 80.2 Å². The van der Waals surface area contributed by atoms with Crippen LogP contribution in [0.3, 0.4) is 0 Å². The van der Waals surface area contributed by atoms with Crippen LogP contribution in [0.4, 0.5) is 4.79 Å². The number of carbonyl (C=O) groups is 2. The Morgan fingerprint density at radius 2 is 1.96 bits per heavy atom. The van der Waals surface area contributed by atoms with Crippen LogP contribution < -0.4 is 14.8 Å². The van der Waals surface area contributed by atoms with Gasteiger partial charge in [0.05, 0.1) is 25.0 Å². The second kappa shape index (κ2) is 7.90. The molecule has 1 heterocycles. The average molecular weight is 402 g/mol. The molecule has 1 saturated heterocycles. The number of hydrogen-bond donors (Lipinski definition) is 1. The second-order valence-corrected chi connectivity index (χ2v) is 6.66. The highest BCUT2D eigenvalue weighted by atomic mass is 35.5. The number of benzene rings is 2. The van der Waals surface area contributed by atoms with Crippen LogP contribution in [-0.2, 0) is 10.3 Å². The summed E-state index contributed by atoms with van der Waals surface area (Å²) in [5.74, 6) is 0.391. The van der Waals surface area contributed by atoms with Crippen LogP contribution in [0.2, 0.25) is 5.02 Å². The maximum Gasteiger partial charge on any atom is 0.346 e.